The summed E-state index contributed by atoms with van der Waals surface area (Å²) < 4.78 is 73.8. The van der Waals surface area contributed by atoms with Crippen LogP contribution in [0, 0.1) is 17.1 Å². The van der Waals surface area contributed by atoms with Crippen molar-refractivity contribution >= 4 is 17.0 Å². The number of carbonyl (C=O) groups excluding carboxylic acids is 1. The topological polar surface area (TPSA) is 102 Å². The van der Waals surface area contributed by atoms with Crippen LogP contribution >= 0.6 is 0 Å². The molecule has 42 heavy (non-hydrogen) atoms. The Bertz CT molecular complexity index is 1740. The summed E-state index contributed by atoms with van der Waals surface area (Å²) in [5.41, 5.74) is 1.18. The molecule has 2 aromatic carbocycles. The number of pyridine rings is 1. The monoisotopic (exact) mass is 581 g/mol. The fourth-order valence-electron chi connectivity index (χ4n) is 4.94. The number of aryl methyl sites for hydroxylation is 1. The van der Waals surface area contributed by atoms with E-state index in [4.69, 9.17) is 17.5 Å². The van der Waals surface area contributed by atoms with Crippen LogP contribution in [0.1, 0.15) is 54.5 Å². The van der Waals surface area contributed by atoms with E-state index in [2.05, 4.69) is 19.6 Å². The molecule has 1 aliphatic heterocycles. The molecule has 0 amide bonds. The van der Waals surface area contributed by atoms with Gasteiger partial charge in [0.15, 0.2) is 5.75 Å². The van der Waals surface area contributed by atoms with Gasteiger partial charge in [-0.15, -0.1) is 0 Å². The third-order valence-electron chi connectivity index (χ3n) is 7.16. The van der Waals surface area contributed by atoms with Gasteiger partial charge in [-0.05, 0) is 56.3 Å². The number of piperidine rings is 1. The van der Waals surface area contributed by atoms with Crippen molar-refractivity contribution in [3.05, 3.63) is 82.6 Å². The first-order valence-corrected chi connectivity index (χ1v) is 13.1. The van der Waals surface area contributed by atoms with Crippen LogP contribution in [0.4, 0.5) is 13.2 Å². The quantitative estimate of drug-likeness (QED) is 0.245. The number of methoxy groups -OCH3 is 1. The number of likely N-dealkylation sites (tertiary alicyclic amines) is 1. The number of hydrogen-bond acceptors (Lipinski definition) is 8. The molecule has 0 radical (unpaired) electrons. The Labute approximate surface area is 242 Å². The second-order valence-electron chi connectivity index (χ2n) is 9.76. The highest BCUT2D eigenvalue weighted by Gasteiger charge is 2.25. The van der Waals surface area contributed by atoms with Crippen molar-refractivity contribution in [2.45, 2.75) is 38.5 Å². The number of carbonyl (C=O) groups is 1. The van der Waals surface area contributed by atoms with E-state index in [1.54, 1.807) is 17.7 Å². The summed E-state index contributed by atoms with van der Waals surface area (Å²) in [7, 11) is 2.94. The predicted octanol–water partition coefficient (Wildman–Crippen LogP) is 5.33. The Kier molecular flexibility index (Phi) is 7.81. The number of hydrogen-bond donors (Lipinski definition) is 0. The van der Waals surface area contributed by atoms with Crippen LogP contribution in [-0.4, -0.2) is 52.2 Å². The number of fused-ring (bicyclic) bond motifs is 1. The molecule has 5 rings (SSSR count). The molecule has 0 aliphatic carbocycles. The molecule has 4 aromatic rings. The van der Waals surface area contributed by atoms with Crippen molar-refractivity contribution < 1.29 is 34.9 Å². The molecule has 3 heterocycles. The van der Waals surface area contributed by atoms with Gasteiger partial charge in [0.1, 0.15) is 23.7 Å². The molecular formula is C30H28F3N5O4. The zero-order valence-electron chi connectivity index (χ0n) is 24.8. The summed E-state index contributed by atoms with van der Waals surface area (Å²) >= 11 is 0. The number of nitriles is 1. The number of ether oxygens (including phenoxy) is 3. The van der Waals surface area contributed by atoms with E-state index in [1.165, 1.54) is 37.4 Å². The first-order valence-electron chi connectivity index (χ1n) is 14.1. The van der Waals surface area contributed by atoms with Crippen LogP contribution in [-0.2, 0) is 24.9 Å². The van der Waals surface area contributed by atoms with Crippen LogP contribution in [0.25, 0.3) is 11.0 Å². The molecule has 1 fully saturated rings. The molecule has 0 spiro atoms. The highest BCUT2D eigenvalue weighted by Crippen LogP contribution is 2.32. The van der Waals surface area contributed by atoms with Crippen LogP contribution < -0.4 is 9.47 Å². The molecule has 9 nitrogen and oxygen atoms in total. The van der Waals surface area contributed by atoms with E-state index in [-0.39, 0.29) is 39.8 Å². The standard InChI is InChI=1S/C30H28F3N5O4/c1-37-24-13-21(29(39)40-2)14-25(42-30(32)33)28(24)36-26(37)16-38-10-8-19(9-11-38)23-4-3-5-27(35-23)41-17-20-7-6-18(15-34)12-22(20)31/h3-7,12-14,19,30H,8-11,16-17H2,1-2H3/i17D2. The first kappa shape index (κ1) is 26.3. The molecule has 0 N–H and O–H groups in total. The average molecular weight is 582 g/mol. The van der Waals surface area contributed by atoms with E-state index in [0.717, 1.165) is 18.9 Å². The lowest BCUT2D eigenvalue weighted by Gasteiger charge is -2.31. The number of imidazole rings is 1. The minimum atomic E-state index is -3.09. The van der Waals surface area contributed by atoms with Gasteiger partial charge in [-0.3, -0.25) is 4.90 Å². The summed E-state index contributed by atoms with van der Waals surface area (Å²) in [4.78, 5) is 23.3. The number of alkyl halides is 2. The van der Waals surface area contributed by atoms with Gasteiger partial charge in [-0.1, -0.05) is 12.1 Å². The Morgan fingerprint density at radius 3 is 2.67 bits per heavy atom. The highest BCUT2D eigenvalue weighted by atomic mass is 19.3. The molecular weight excluding hydrogens is 551 g/mol. The number of benzene rings is 2. The normalized spacial score (nSPS) is 15.3. The summed E-state index contributed by atoms with van der Waals surface area (Å²) in [5, 5.41) is 8.95. The fourth-order valence-corrected chi connectivity index (χ4v) is 4.94. The third-order valence-corrected chi connectivity index (χ3v) is 7.16. The minimum Gasteiger partial charge on any atom is -0.473 e. The Hall–Kier alpha value is -4.63. The summed E-state index contributed by atoms with van der Waals surface area (Å²) in [6.45, 7) is -3.84. The SMILES string of the molecule is [2H]C([2H])(Oc1cccc(C2CCN(Cc3nc4c(OC(F)F)cc(C(=O)OC)cc4n3C)CC2)n1)c1ccc(C#N)cc1F. The van der Waals surface area contributed by atoms with E-state index >= 15 is 0 Å². The van der Waals surface area contributed by atoms with Gasteiger partial charge in [0, 0.05) is 30.3 Å². The zero-order chi connectivity index (χ0) is 31.6. The smallest absolute Gasteiger partial charge is 0.387 e. The number of esters is 1. The lowest BCUT2D eigenvalue weighted by atomic mass is 9.93. The fraction of sp³-hybridized carbons (Fsp3) is 0.333. The molecule has 12 heteroatoms. The largest absolute Gasteiger partial charge is 0.473 e. The van der Waals surface area contributed by atoms with Crippen molar-refractivity contribution in [1.29, 1.82) is 5.26 Å². The Morgan fingerprint density at radius 1 is 1.19 bits per heavy atom. The van der Waals surface area contributed by atoms with Crippen molar-refractivity contribution in [3.63, 3.8) is 0 Å². The van der Waals surface area contributed by atoms with Crippen LogP contribution in [0.15, 0.2) is 48.5 Å². The molecule has 0 atom stereocenters. The molecule has 1 saturated heterocycles. The van der Waals surface area contributed by atoms with Gasteiger partial charge in [0.2, 0.25) is 5.88 Å². The Balaban J connectivity index is 1.27. The lowest BCUT2D eigenvalue weighted by Crippen LogP contribution is -2.33. The maximum Gasteiger partial charge on any atom is 0.387 e. The molecule has 1 aliphatic rings. The van der Waals surface area contributed by atoms with Crippen molar-refractivity contribution in [1.82, 2.24) is 19.4 Å². The highest BCUT2D eigenvalue weighted by molar-refractivity contribution is 5.96. The van der Waals surface area contributed by atoms with Gasteiger partial charge < -0.3 is 18.8 Å². The average Bonchev–Trinajstić information content (AvgIpc) is 3.31. The van der Waals surface area contributed by atoms with E-state index in [0.29, 0.717) is 36.7 Å². The second kappa shape index (κ2) is 12.5. The lowest BCUT2D eigenvalue weighted by molar-refractivity contribution is -0.0489. The van der Waals surface area contributed by atoms with Gasteiger partial charge in [0.25, 0.3) is 0 Å². The number of nitrogens with zero attached hydrogens (tertiary/aromatic N) is 5. The van der Waals surface area contributed by atoms with Crippen LogP contribution in [0.5, 0.6) is 11.6 Å². The maximum absolute atomic E-state index is 14.5. The van der Waals surface area contributed by atoms with Crippen molar-refractivity contribution in [2.24, 2.45) is 7.05 Å². The molecule has 2 aromatic heterocycles. The summed E-state index contributed by atoms with van der Waals surface area (Å²) in [5.74, 6) is -1.12. The Morgan fingerprint density at radius 2 is 1.98 bits per heavy atom. The second-order valence-corrected chi connectivity index (χ2v) is 9.76. The molecule has 0 bridgehead atoms. The van der Waals surface area contributed by atoms with E-state index in [9.17, 15) is 18.0 Å². The van der Waals surface area contributed by atoms with Crippen LogP contribution in [0.3, 0.4) is 0 Å². The minimum absolute atomic E-state index is 0.00605. The van der Waals surface area contributed by atoms with Gasteiger partial charge in [0.05, 0.1) is 39.1 Å². The van der Waals surface area contributed by atoms with Crippen molar-refractivity contribution in [2.75, 3.05) is 20.2 Å². The molecule has 0 unspecified atom stereocenters. The maximum atomic E-state index is 14.5. The summed E-state index contributed by atoms with van der Waals surface area (Å²) in [6.07, 6.45) is 1.45. The van der Waals surface area contributed by atoms with Crippen LogP contribution in [0.2, 0.25) is 0 Å². The van der Waals surface area contributed by atoms with Gasteiger partial charge >= 0.3 is 12.6 Å². The molecule has 218 valence electrons. The van der Waals surface area contributed by atoms with Gasteiger partial charge in [-0.2, -0.15) is 14.0 Å². The zero-order valence-corrected chi connectivity index (χ0v) is 22.8. The predicted molar refractivity (Wildman–Crippen MR) is 146 cm³/mol. The first-order chi connectivity index (χ1) is 21.0. The van der Waals surface area contributed by atoms with Crippen molar-refractivity contribution in [3.8, 4) is 17.7 Å². The third kappa shape index (κ3) is 6.31. The number of aromatic nitrogens is 3. The number of halogens is 3. The summed E-state index contributed by atoms with van der Waals surface area (Å²) in [6, 6.07) is 13.0. The molecule has 0 saturated carbocycles. The van der Waals surface area contributed by atoms with Gasteiger partial charge in [-0.25, -0.2) is 19.2 Å². The van der Waals surface area contributed by atoms with E-state index < -0.39 is 25.0 Å². The number of rotatable bonds is 9. The van der Waals surface area contributed by atoms with E-state index in [1.807, 2.05) is 12.1 Å².